The van der Waals surface area contributed by atoms with Gasteiger partial charge in [0.25, 0.3) is 5.69 Å². The number of rotatable bonds is 5. The SMILES string of the molecule is N#Cc1ccc(N2CC[C@@H](CNc3ccccn3)C2)c([N+](=O)[O-])c1. The number of nitro groups is 1. The van der Waals surface area contributed by atoms with Crippen molar-refractivity contribution in [2.24, 2.45) is 5.92 Å². The number of benzene rings is 1. The molecular formula is C17H17N5O2. The van der Waals surface area contributed by atoms with E-state index in [0.717, 1.165) is 31.9 Å². The lowest BCUT2D eigenvalue weighted by molar-refractivity contribution is -0.384. The molecule has 1 aliphatic heterocycles. The van der Waals surface area contributed by atoms with Crippen LogP contribution < -0.4 is 10.2 Å². The van der Waals surface area contributed by atoms with E-state index in [4.69, 9.17) is 5.26 Å². The maximum absolute atomic E-state index is 11.3. The van der Waals surface area contributed by atoms with Gasteiger partial charge in [-0.2, -0.15) is 5.26 Å². The Kier molecular flexibility index (Phi) is 4.57. The zero-order valence-corrected chi connectivity index (χ0v) is 13.1. The molecular weight excluding hydrogens is 306 g/mol. The second-order valence-electron chi connectivity index (χ2n) is 5.77. The first-order valence-corrected chi connectivity index (χ1v) is 7.76. The van der Waals surface area contributed by atoms with Gasteiger partial charge in [0.15, 0.2) is 0 Å². The second-order valence-corrected chi connectivity index (χ2v) is 5.77. The van der Waals surface area contributed by atoms with Crippen molar-refractivity contribution in [1.82, 2.24) is 4.98 Å². The molecule has 0 unspecified atom stereocenters. The van der Waals surface area contributed by atoms with Crippen LogP contribution >= 0.6 is 0 Å². The minimum atomic E-state index is -0.421. The Bertz CT molecular complexity index is 772. The molecule has 7 heteroatoms. The zero-order valence-electron chi connectivity index (χ0n) is 13.1. The van der Waals surface area contributed by atoms with Crippen LogP contribution in [0, 0.1) is 27.4 Å². The van der Waals surface area contributed by atoms with Crippen LogP contribution in [0.5, 0.6) is 0 Å². The number of nitro benzene ring substituents is 1. The molecule has 1 saturated heterocycles. The van der Waals surface area contributed by atoms with E-state index >= 15 is 0 Å². The summed E-state index contributed by atoms with van der Waals surface area (Å²) in [6.07, 6.45) is 2.69. The molecule has 7 nitrogen and oxygen atoms in total. The Labute approximate surface area is 139 Å². The van der Waals surface area contributed by atoms with E-state index in [0.29, 0.717) is 17.2 Å². The Morgan fingerprint density at radius 2 is 2.29 bits per heavy atom. The highest BCUT2D eigenvalue weighted by molar-refractivity contribution is 5.66. The molecule has 0 amide bonds. The van der Waals surface area contributed by atoms with Gasteiger partial charge in [0.1, 0.15) is 11.5 Å². The van der Waals surface area contributed by atoms with Gasteiger partial charge in [-0.05, 0) is 36.6 Å². The lowest BCUT2D eigenvalue weighted by atomic mass is 10.1. The van der Waals surface area contributed by atoms with Crippen molar-refractivity contribution in [3.8, 4) is 6.07 Å². The summed E-state index contributed by atoms with van der Waals surface area (Å²) in [6.45, 7) is 2.28. The first kappa shape index (κ1) is 15.7. The second kappa shape index (κ2) is 6.96. The van der Waals surface area contributed by atoms with Gasteiger partial charge in [0.05, 0.1) is 16.6 Å². The Morgan fingerprint density at radius 3 is 3.00 bits per heavy atom. The maximum Gasteiger partial charge on any atom is 0.293 e. The van der Waals surface area contributed by atoms with Gasteiger partial charge in [-0.3, -0.25) is 10.1 Å². The molecule has 0 aliphatic carbocycles. The molecule has 1 aliphatic rings. The van der Waals surface area contributed by atoms with Crippen molar-refractivity contribution in [3.63, 3.8) is 0 Å². The van der Waals surface area contributed by atoms with E-state index in [9.17, 15) is 10.1 Å². The predicted octanol–water partition coefficient (Wildman–Crippen LogP) is 2.80. The number of nitrogens with one attached hydrogen (secondary N) is 1. The van der Waals surface area contributed by atoms with Crippen LogP contribution in [0.2, 0.25) is 0 Å². The summed E-state index contributed by atoms with van der Waals surface area (Å²) in [5, 5.41) is 23.5. The molecule has 0 bridgehead atoms. The highest BCUT2D eigenvalue weighted by Crippen LogP contribution is 2.33. The predicted molar refractivity (Wildman–Crippen MR) is 90.9 cm³/mol. The van der Waals surface area contributed by atoms with Crippen molar-refractivity contribution in [1.29, 1.82) is 5.26 Å². The summed E-state index contributed by atoms with van der Waals surface area (Å²) in [4.78, 5) is 17.1. The summed E-state index contributed by atoms with van der Waals surface area (Å²) in [7, 11) is 0. The number of anilines is 2. The van der Waals surface area contributed by atoms with Crippen molar-refractivity contribution < 1.29 is 4.92 Å². The Morgan fingerprint density at radius 1 is 1.42 bits per heavy atom. The Balaban J connectivity index is 1.67. The first-order valence-electron chi connectivity index (χ1n) is 7.76. The van der Waals surface area contributed by atoms with Gasteiger partial charge in [-0.1, -0.05) is 6.07 Å². The van der Waals surface area contributed by atoms with Gasteiger partial charge in [-0.15, -0.1) is 0 Å². The topological polar surface area (TPSA) is 95.1 Å². The van der Waals surface area contributed by atoms with Gasteiger partial charge < -0.3 is 10.2 Å². The minimum Gasteiger partial charge on any atom is -0.370 e. The van der Waals surface area contributed by atoms with Crippen LogP contribution in [0.1, 0.15) is 12.0 Å². The van der Waals surface area contributed by atoms with Gasteiger partial charge in [-0.25, -0.2) is 4.98 Å². The molecule has 2 heterocycles. The van der Waals surface area contributed by atoms with Crippen LogP contribution in [0.15, 0.2) is 42.6 Å². The molecule has 1 fully saturated rings. The third-order valence-electron chi connectivity index (χ3n) is 4.16. The number of aromatic nitrogens is 1. The van der Waals surface area contributed by atoms with Crippen LogP contribution in [-0.2, 0) is 0 Å². The molecule has 122 valence electrons. The van der Waals surface area contributed by atoms with Crippen LogP contribution in [0.25, 0.3) is 0 Å². The van der Waals surface area contributed by atoms with Crippen molar-refractivity contribution in [2.75, 3.05) is 29.9 Å². The number of hydrogen-bond acceptors (Lipinski definition) is 6. The van der Waals surface area contributed by atoms with Gasteiger partial charge in [0.2, 0.25) is 0 Å². The normalized spacial score (nSPS) is 16.6. The van der Waals surface area contributed by atoms with Crippen molar-refractivity contribution >= 4 is 17.2 Å². The molecule has 0 radical (unpaired) electrons. The molecule has 1 aromatic carbocycles. The average Bonchev–Trinajstić information content (AvgIpc) is 3.09. The lowest BCUT2D eigenvalue weighted by Gasteiger charge is -2.19. The summed E-state index contributed by atoms with van der Waals surface area (Å²) < 4.78 is 0. The summed E-state index contributed by atoms with van der Waals surface area (Å²) in [5.74, 6) is 1.22. The number of nitrogens with zero attached hydrogens (tertiary/aromatic N) is 4. The van der Waals surface area contributed by atoms with E-state index in [1.165, 1.54) is 6.07 Å². The quantitative estimate of drug-likeness (QED) is 0.671. The van der Waals surface area contributed by atoms with Crippen LogP contribution in [0.3, 0.4) is 0 Å². The average molecular weight is 323 g/mol. The van der Waals surface area contributed by atoms with Gasteiger partial charge >= 0.3 is 0 Å². The highest BCUT2D eigenvalue weighted by Gasteiger charge is 2.27. The largest absolute Gasteiger partial charge is 0.370 e. The molecule has 0 spiro atoms. The molecule has 1 N–H and O–H groups in total. The lowest BCUT2D eigenvalue weighted by Crippen LogP contribution is -2.23. The molecule has 2 aromatic rings. The number of pyridine rings is 1. The smallest absolute Gasteiger partial charge is 0.293 e. The summed E-state index contributed by atoms with van der Waals surface area (Å²) >= 11 is 0. The third kappa shape index (κ3) is 3.43. The van der Waals surface area contributed by atoms with E-state index < -0.39 is 4.92 Å². The molecule has 1 atom stereocenters. The number of hydrogen-bond donors (Lipinski definition) is 1. The standard InChI is InChI=1S/C17H17N5O2/c18-10-13-4-5-15(16(9-13)22(23)24)21-8-6-14(12-21)11-20-17-3-1-2-7-19-17/h1-5,7,9,14H,6,8,11-12H2,(H,19,20)/t14-/m0/s1. The molecule has 0 saturated carbocycles. The monoisotopic (exact) mass is 323 g/mol. The fourth-order valence-corrected chi connectivity index (χ4v) is 2.94. The van der Waals surface area contributed by atoms with E-state index in [2.05, 4.69) is 10.3 Å². The minimum absolute atomic E-state index is 0.00705. The van der Waals surface area contributed by atoms with E-state index in [1.807, 2.05) is 29.2 Å². The van der Waals surface area contributed by atoms with Crippen LogP contribution in [-0.4, -0.2) is 29.5 Å². The highest BCUT2D eigenvalue weighted by atomic mass is 16.6. The van der Waals surface area contributed by atoms with E-state index in [1.54, 1.807) is 18.3 Å². The fraction of sp³-hybridized carbons (Fsp3) is 0.294. The molecule has 3 rings (SSSR count). The Hall–Kier alpha value is -3.14. The summed E-state index contributed by atoms with van der Waals surface area (Å²) in [6, 6.07) is 12.3. The summed E-state index contributed by atoms with van der Waals surface area (Å²) in [5.41, 5.74) is 0.879. The zero-order chi connectivity index (χ0) is 16.9. The molecule has 24 heavy (non-hydrogen) atoms. The van der Waals surface area contributed by atoms with E-state index in [-0.39, 0.29) is 5.69 Å². The maximum atomic E-state index is 11.3. The number of nitriles is 1. The van der Waals surface area contributed by atoms with Crippen molar-refractivity contribution in [3.05, 3.63) is 58.3 Å². The molecule has 1 aromatic heterocycles. The fourth-order valence-electron chi connectivity index (χ4n) is 2.94. The van der Waals surface area contributed by atoms with Crippen molar-refractivity contribution in [2.45, 2.75) is 6.42 Å². The first-order chi connectivity index (χ1) is 11.7. The van der Waals surface area contributed by atoms with Crippen LogP contribution in [0.4, 0.5) is 17.2 Å². The third-order valence-corrected chi connectivity index (χ3v) is 4.16. The van der Waals surface area contributed by atoms with Gasteiger partial charge in [0, 0.05) is 31.9 Å².